The number of piperazine rings is 1. The summed E-state index contributed by atoms with van der Waals surface area (Å²) in [6.45, 7) is 6.41. The molecular weight excluding hydrogens is 402 g/mol. The first-order valence-electron chi connectivity index (χ1n) is 10.1. The topological polar surface area (TPSA) is 68.8 Å². The molecule has 30 heavy (non-hydrogen) atoms. The van der Waals surface area contributed by atoms with E-state index in [-0.39, 0.29) is 30.1 Å². The highest BCUT2D eigenvalue weighted by atomic mass is 35.5. The van der Waals surface area contributed by atoms with Crippen molar-refractivity contribution in [2.24, 2.45) is 0 Å². The van der Waals surface area contributed by atoms with Gasteiger partial charge in [-0.3, -0.25) is 19.4 Å². The fourth-order valence-corrected chi connectivity index (χ4v) is 3.69. The van der Waals surface area contributed by atoms with Crippen molar-refractivity contribution in [3.8, 4) is 0 Å². The molecule has 0 saturated carbocycles. The fourth-order valence-electron chi connectivity index (χ4n) is 3.53. The van der Waals surface area contributed by atoms with Crippen molar-refractivity contribution in [3.05, 3.63) is 58.9 Å². The van der Waals surface area contributed by atoms with Crippen molar-refractivity contribution >= 4 is 29.1 Å². The van der Waals surface area contributed by atoms with Crippen LogP contribution in [0.2, 0.25) is 5.15 Å². The number of benzene rings is 1. The first-order chi connectivity index (χ1) is 14.4. The van der Waals surface area contributed by atoms with Gasteiger partial charge < -0.3 is 10.2 Å². The minimum absolute atomic E-state index is 0.0416. The number of amides is 2. The number of carbonyl (C=O) groups is 2. The molecule has 1 fully saturated rings. The number of aryl methyl sites for hydroxylation is 1. The highest BCUT2D eigenvalue weighted by Gasteiger charge is 2.22. The van der Waals surface area contributed by atoms with Crippen LogP contribution in [0, 0.1) is 6.92 Å². The van der Waals surface area contributed by atoms with Crippen LogP contribution in [0.25, 0.3) is 0 Å². The molecular formula is C22H28ClN5O2. The van der Waals surface area contributed by atoms with Gasteiger partial charge in [0.25, 0.3) is 0 Å². The number of rotatable bonds is 7. The number of nitrogens with one attached hydrogen (secondary N) is 1. The van der Waals surface area contributed by atoms with E-state index in [1.807, 2.05) is 4.90 Å². The number of halogens is 1. The number of hydrogen-bond donors (Lipinski definition) is 1. The number of hydrogen-bond acceptors (Lipinski definition) is 5. The lowest BCUT2D eigenvalue weighted by Crippen LogP contribution is -2.51. The summed E-state index contributed by atoms with van der Waals surface area (Å²) in [7, 11) is 1.76. The van der Waals surface area contributed by atoms with E-state index in [0.29, 0.717) is 18.8 Å². The maximum Gasteiger partial charge on any atom is 0.238 e. The normalized spacial score (nSPS) is 14.7. The molecule has 1 aliphatic rings. The number of pyridine rings is 1. The van der Waals surface area contributed by atoms with Gasteiger partial charge in [0.15, 0.2) is 5.15 Å². The molecule has 2 aromatic rings. The molecule has 0 aliphatic carbocycles. The summed E-state index contributed by atoms with van der Waals surface area (Å²) in [5.74, 6) is -0.192. The van der Waals surface area contributed by atoms with Crippen molar-refractivity contribution in [2.75, 3.05) is 51.6 Å². The monoisotopic (exact) mass is 429 g/mol. The zero-order chi connectivity index (χ0) is 21.5. The van der Waals surface area contributed by atoms with Gasteiger partial charge in [-0.25, -0.2) is 4.98 Å². The maximum atomic E-state index is 12.6. The van der Waals surface area contributed by atoms with Crippen LogP contribution in [0.15, 0.2) is 42.6 Å². The molecule has 0 atom stereocenters. The van der Waals surface area contributed by atoms with Gasteiger partial charge in [0, 0.05) is 38.9 Å². The summed E-state index contributed by atoms with van der Waals surface area (Å²) in [6, 6.07) is 11.9. The molecule has 0 bridgehead atoms. The van der Waals surface area contributed by atoms with E-state index in [4.69, 9.17) is 11.6 Å². The first-order valence-corrected chi connectivity index (χ1v) is 10.4. The molecule has 1 N–H and O–H groups in total. The number of aromatic nitrogens is 1. The largest absolute Gasteiger partial charge is 0.339 e. The summed E-state index contributed by atoms with van der Waals surface area (Å²) >= 11 is 5.96. The zero-order valence-electron chi connectivity index (χ0n) is 17.5. The molecule has 2 heterocycles. The lowest BCUT2D eigenvalue weighted by atomic mass is 10.1. The highest BCUT2D eigenvalue weighted by molar-refractivity contribution is 6.32. The summed E-state index contributed by atoms with van der Waals surface area (Å²) in [4.78, 5) is 34.7. The van der Waals surface area contributed by atoms with E-state index >= 15 is 0 Å². The van der Waals surface area contributed by atoms with E-state index in [1.165, 1.54) is 11.1 Å². The predicted molar refractivity (Wildman–Crippen MR) is 118 cm³/mol. The quantitative estimate of drug-likeness (QED) is 0.684. The van der Waals surface area contributed by atoms with E-state index in [2.05, 4.69) is 46.4 Å². The van der Waals surface area contributed by atoms with Crippen molar-refractivity contribution in [2.45, 2.75) is 13.5 Å². The maximum absolute atomic E-state index is 12.6. The SMILES string of the molecule is Cc1cccc(CN2CCN(C(=O)CN(C)CC(=O)Nc3cccnc3Cl)CC2)c1. The minimum Gasteiger partial charge on any atom is -0.339 e. The molecule has 0 spiro atoms. The second kappa shape index (κ2) is 10.5. The second-order valence-electron chi connectivity index (χ2n) is 7.71. The lowest BCUT2D eigenvalue weighted by Gasteiger charge is -2.35. The van der Waals surface area contributed by atoms with E-state index < -0.39 is 0 Å². The van der Waals surface area contributed by atoms with Crippen LogP contribution in [-0.4, -0.2) is 77.8 Å². The van der Waals surface area contributed by atoms with Gasteiger partial charge in [-0.05, 0) is 31.7 Å². The van der Waals surface area contributed by atoms with Crippen molar-refractivity contribution in [3.63, 3.8) is 0 Å². The van der Waals surface area contributed by atoms with Crippen LogP contribution >= 0.6 is 11.6 Å². The van der Waals surface area contributed by atoms with Crippen LogP contribution < -0.4 is 5.32 Å². The van der Waals surface area contributed by atoms with E-state index in [0.717, 1.165) is 19.6 Å². The third kappa shape index (κ3) is 6.52. The summed E-state index contributed by atoms with van der Waals surface area (Å²) in [5.41, 5.74) is 3.03. The average Bonchev–Trinajstić information content (AvgIpc) is 2.70. The smallest absolute Gasteiger partial charge is 0.238 e. The minimum atomic E-state index is -0.233. The molecule has 160 valence electrons. The molecule has 2 amide bonds. The Morgan fingerprint density at radius 1 is 1.13 bits per heavy atom. The molecule has 8 heteroatoms. The molecule has 0 unspecified atom stereocenters. The Kier molecular flexibility index (Phi) is 7.79. The van der Waals surface area contributed by atoms with Crippen molar-refractivity contribution in [1.82, 2.24) is 19.7 Å². The second-order valence-corrected chi connectivity index (χ2v) is 8.07. The highest BCUT2D eigenvalue weighted by Crippen LogP contribution is 2.17. The molecule has 1 aromatic heterocycles. The Balaban J connectivity index is 1.40. The number of nitrogens with zero attached hydrogens (tertiary/aromatic N) is 4. The van der Waals surface area contributed by atoms with Gasteiger partial charge in [0.05, 0.1) is 18.8 Å². The van der Waals surface area contributed by atoms with Gasteiger partial charge in [0.1, 0.15) is 0 Å². The zero-order valence-corrected chi connectivity index (χ0v) is 18.2. The number of carbonyl (C=O) groups excluding carboxylic acids is 2. The van der Waals surface area contributed by atoms with Gasteiger partial charge in [-0.15, -0.1) is 0 Å². The van der Waals surface area contributed by atoms with Crippen LogP contribution in [-0.2, 0) is 16.1 Å². The van der Waals surface area contributed by atoms with Gasteiger partial charge >= 0.3 is 0 Å². The van der Waals surface area contributed by atoms with Crippen molar-refractivity contribution < 1.29 is 9.59 Å². The Labute approximate surface area is 182 Å². The Hall–Kier alpha value is -2.48. The molecule has 1 aliphatic heterocycles. The van der Waals surface area contributed by atoms with Crippen LogP contribution in [0.3, 0.4) is 0 Å². The molecule has 7 nitrogen and oxygen atoms in total. The van der Waals surface area contributed by atoms with Crippen LogP contribution in [0.5, 0.6) is 0 Å². The lowest BCUT2D eigenvalue weighted by molar-refractivity contribution is -0.134. The molecule has 1 aromatic carbocycles. The van der Waals surface area contributed by atoms with Gasteiger partial charge in [-0.2, -0.15) is 0 Å². The van der Waals surface area contributed by atoms with E-state index in [1.54, 1.807) is 30.3 Å². The summed E-state index contributed by atoms with van der Waals surface area (Å²) in [5, 5.41) is 2.96. The van der Waals surface area contributed by atoms with Crippen molar-refractivity contribution in [1.29, 1.82) is 0 Å². The molecule has 1 saturated heterocycles. The fraction of sp³-hybridized carbons (Fsp3) is 0.409. The standard InChI is InChI=1S/C22H28ClN5O2/c1-17-5-3-6-18(13-17)14-27-9-11-28(12-10-27)21(30)16-26(2)15-20(29)25-19-7-4-8-24-22(19)23/h3-8,13H,9-12,14-16H2,1-2H3,(H,25,29). The van der Waals surface area contributed by atoms with Crippen LogP contribution in [0.1, 0.15) is 11.1 Å². The van der Waals surface area contributed by atoms with Gasteiger partial charge in [-0.1, -0.05) is 41.4 Å². The third-order valence-electron chi connectivity index (χ3n) is 5.07. The molecule has 0 radical (unpaired) electrons. The third-order valence-corrected chi connectivity index (χ3v) is 5.37. The summed E-state index contributed by atoms with van der Waals surface area (Å²) < 4.78 is 0. The van der Waals surface area contributed by atoms with Gasteiger partial charge in [0.2, 0.25) is 11.8 Å². The summed E-state index contributed by atoms with van der Waals surface area (Å²) in [6.07, 6.45) is 1.56. The Morgan fingerprint density at radius 2 is 1.90 bits per heavy atom. The first kappa shape index (κ1) is 22.2. The number of anilines is 1. The Morgan fingerprint density at radius 3 is 2.60 bits per heavy atom. The number of likely N-dealkylation sites (N-methyl/N-ethyl adjacent to an activating group) is 1. The Bertz CT molecular complexity index is 883. The average molecular weight is 430 g/mol. The molecule has 3 rings (SSSR count). The van der Waals surface area contributed by atoms with E-state index in [9.17, 15) is 9.59 Å². The predicted octanol–water partition coefficient (Wildman–Crippen LogP) is 2.26. The van der Waals surface area contributed by atoms with Crippen LogP contribution in [0.4, 0.5) is 5.69 Å².